The van der Waals surface area contributed by atoms with Crippen molar-refractivity contribution in [1.29, 1.82) is 0 Å². The van der Waals surface area contributed by atoms with Crippen LogP contribution in [0.15, 0.2) is 48.7 Å². The Balaban J connectivity index is 1.58. The van der Waals surface area contributed by atoms with Crippen LogP contribution in [0, 0.1) is 6.92 Å². The van der Waals surface area contributed by atoms with Crippen molar-refractivity contribution in [2.45, 2.75) is 19.6 Å². The molecule has 1 amide bonds. The molecule has 0 radical (unpaired) electrons. The lowest BCUT2D eigenvalue weighted by atomic mass is 10.1. The van der Waals surface area contributed by atoms with Gasteiger partial charge < -0.3 is 19.8 Å². The van der Waals surface area contributed by atoms with E-state index in [9.17, 15) is 4.79 Å². The van der Waals surface area contributed by atoms with E-state index in [4.69, 9.17) is 14.5 Å². The average molecular weight is 378 g/mol. The zero-order chi connectivity index (χ0) is 19.3. The number of nitrogens with one attached hydrogen (secondary N) is 2. The smallest absolute Gasteiger partial charge is 0.251 e. The minimum atomic E-state index is -0.574. The number of rotatable bonds is 5. The summed E-state index contributed by atoms with van der Waals surface area (Å²) in [6.07, 6.45) is 1.17. The molecule has 1 fully saturated rings. The Labute approximate surface area is 163 Å². The molecule has 2 aromatic heterocycles. The van der Waals surface area contributed by atoms with Gasteiger partial charge in [0.2, 0.25) is 0 Å². The van der Waals surface area contributed by atoms with Crippen LogP contribution in [-0.4, -0.2) is 46.8 Å². The van der Waals surface area contributed by atoms with E-state index in [-0.39, 0.29) is 19.1 Å². The second kappa shape index (κ2) is 8.33. The lowest BCUT2D eigenvalue weighted by Crippen LogP contribution is -2.42. The third-order valence-electron chi connectivity index (χ3n) is 4.54. The standard InChI is InChI=1S/C21H22N4O3/c1-14-5-7-15(8-6-14)19-20(16-4-2-3-9-22-16)25-18(24-19)12-23-21(26)17-13-27-10-11-28-17/h2-9,17H,10-13H2,1H3,(H,23,26)(H,24,25)/t17-/m0/s1. The normalized spacial score (nSPS) is 16.7. The summed E-state index contributed by atoms with van der Waals surface area (Å²) in [5.41, 5.74) is 4.60. The maximum atomic E-state index is 12.3. The van der Waals surface area contributed by atoms with Crippen molar-refractivity contribution < 1.29 is 14.3 Å². The average Bonchev–Trinajstić information content (AvgIpc) is 3.18. The fourth-order valence-corrected chi connectivity index (χ4v) is 3.05. The van der Waals surface area contributed by atoms with Crippen LogP contribution < -0.4 is 5.32 Å². The van der Waals surface area contributed by atoms with Crippen molar-refractivity contribution in [1.82, 2.24) is 20.3 Å². The zero-order valence-corrected chi connectivity index (χ0v) is 15.6. The SMILES string of the molecule is Cc1ccc(-c2nc(CNC(=O)[C@@H]3COCCO3)[nH]c2-c2ccccn2)cc1. The zero-order valence-electron chi connectivity index (χ0n) is 15.6. The predicted molar refractivity (Wildman–Crippen MR) is 104 cm³/mol. The number of amides is 1. The largest absolute Gasteiger partial charge is 0.376 e. The van der Waals surface area contributed by atoms with E-state index in [0.29, 0.717) is 19.0 Å². The number of H-pyrrole nitrogens is 1. The summed E-state index contributed by atoms with van der Waals surface area (Å²) < 4.78 is 10.7. The summed E-state index contributed by atoms with van der Waals surface area (Å²) in [7, 11) is 0. The highest BCUT2D eigenvalue weighted by atomic mass is 16.6. The summed E-state index contributed by atoms with van der Waals surface area (Å²) in [5.74, 6) is 0.452. The van der Waals surface area contributed by atoms with Crippen molar-refractivity contribution in [3.8, 4) is 22.6 Å². The minimum absolute atomic E-state index is 0.202. The molecule has 7 nitrogen and oxygen atoms in total. The molecule has 0 saturated carbocycles. The van der Waals surface area contributed by atoms with Gasteiger partial charge in [-0.3, -0.25) is 9.78 Å². The van der Waals surface area contributed by atoms with E-state index in [1.807, 2.05) is 49.4 Å². The van der Waals surface area contributed by atoms with Crippen molar-refractivity contribution in [3.05, 3.63) is 60.0 Å². The number of imidazole rings is 1. The number of aromatic amines is 1. The van der Waals surface area contributed by atoms with E-state index in [2.05, 4.69) is 15.3 Å². The Kier molecular flexibility index (Phi) is 5.45. The van der Waals surface area contributed by atoms with Gasteiger partial charge in [0, 0.05) is 11.8 Å². The number of benzene rings is 1. The van der Waals surface area contributed by atoms with Crippen molar-refractivity contribution in [3.63, 3.8) is 0 Å². The van der Waals surface area contributed by atoms with Gasteiger partial charge in [-0.15, -0.1) is 0 Å². The van der Waals surface area contributed by atoms with Gasteiger partial charge >= 0.3 is 0 Å². The molecule has 144 valence electrons. The quantitative estimate of drug-likeness (QED) is 0.712. The summed E-state index contributed by atoms with van der Waals surface area (Å²) in [5, 5.41) is 2.86. The fraction of sp³-hybridized carbons (Fsp3) is 0.286. The second-order valence-corrected chi connectivity index (χ2v) is 6.64. The van der Waals surface area contributed by atoms with Crippen LogP contribution in [0.25, 0.3) is 22.6 Å². The first kappa shape index (κ1) is 18.3. The van der Waals surface area contributed by atoms with E-state index in [0.717, 1.165) is 22.6 Å². The highest BCUT2D eigenvalue weighted by Crippen LogP contribution is 2.29. The first-order valence-corrected chi connectivity index (χ1v) is 9.25. The van der Waals surface area contributed by atoms with Crippen LogP contribution in [0.1, 0.15) is 11.4 Å². The molecular weight excluding hydrogens is 356 g/mol. The molecule has 0 spiro atoms. The molecule has 7 heteroatoms. The molecule has 3 heterocycles. The van der Waals surface area contributed by atoms with Gasteiger partial charge in [0.25, 0.3) is 5.91 Å². The summed E-state index contributed by atoms with van der Waals surface area (Å²) in [4.78, 5) is 24.7. The molecule has 2 N–H and O–H groups in total. The number of aryl methyl sites for hydroxylation is 1. The maximum absolute atomic E-state index is 12.3. The number of hydrogen-bond donors (Lipinski definition) is 2. The lowest BCUT2D eigenvalue weighted by Gasteiger charge is -2.21. The highest BCUT2D eigenvalue weighted by molar-refractivity contribution is 5.81. The third kappa shape index (κ3) is 4.11. The van der Waals surface area contributed by atoms with Gasteiger partial charge in [-0.2, -0.15) is 0 Å². The number of pyridine rings is 1. The van der Waals surface area contributed by atoms with Crippen LogP contribution in [0.3, 0.4) is 0 Å². The van der Waals surface area contributed by atoms with Gasteiger partial charge in [-0.05, 0) is 19.1 Å². The number of hydrogen-bond acceptors (Lipinski definition) is 5. The molecule has 0 bridgehead atoms. The van der Waals surface area contributed by atoms with E-state index in [1.54, 1.807) is 6.20 Å². The van der Waals surface area contributed by atoms with Crippen molar-refractivity contribution in [2.75, 3.05) is 19.8 Å². The van der Waals surface area contributed by atoms with Crippen molar-refractivity contribution in [2.24, 2.45) is 0 Å². The van der Waals surface area contributed by atoms with Crippen LogP contribution in [0.4, 0.5) is 0 Å². The van der Waals surface area contributed by atoms with Gasteiger partial charge in [-0.25, -0.2) is 4.98 Å². The Morgan fingerprint density at radius 1 is 1.21 bits per heavy atom. The third-order valence-corrected chi connectivity index (χ3v) is 4.54. The molecule has 4 rings (SSSR count). The number of carbonyl (C=O) groups is 1. The molecule has 28 heavy (non-hydrogen) atoms. The molecule has 1 saturated heterocycles. The lowest BCUT2D eigenvalue weighted by molar-refractivity contribution is -0.147. The molecule has 3 aromatic rings. The predicted octanol–water partition coefficient (Wildman–Crippen LogP) is 2.48. The van der Waals surface area contributed by atoms with Crippen LogP contribution >= 0.6 is 0 Å². The molecule has 1 aromatic carbocycles. The fourth-order valence-electron chi connectivity index (χ4n) is 3.05. The number of aromatic nitrogens is 3. The topological polar surface area (TPSA) is 89.1 Å². The van der Waals surface area contributed by atoms with Crippen LogP contribution in [-0.2, 0) is 20.8 Å². The van der Waals surface area contributed by atoms with E-state index in [1.165, 1.54) is 5.56 Å². The molecule has 0 unspecified atom stereocenters. The maximum Gasteiger partial charge on any atom is 0.251 e. The number of carbonyl (C=O) groups excluding carboxylic acids is 1. The Morgan fingerprint density at radius 2 is 2.07 bits per heavy atom. The van der Waals surface area contributed by atoms with E-state index >= 15 is 0 Å². The van der Waals surface area contributed by atoms with Crippen molar-refractivity contribution >= 4 is 5.91 Å². The monoisotopic (exact) mass is 378 g/mol. The molecule has 0 aliphatic carbocycles. The number of nitrogens with zero attached hydrogens (tertiary/aromatic N) is 2. The minimum Gasteiger partial charge on any atom is -0.376 e. The summed E-state index contributed by atoms with van der Waals surface area (Å²) in [6.45, 7) is 3.55. The Bertz CT molecular complexity index is 932. The van der Waals surface area contributed by atoms with Crippen LogP contribution in [0.5, 0.6) is 0 Å². The first-order chi connectivity index (χ1) is 13.7. The van der Waals surface area contributed by atoms with E-state index < -0.39 is 6.10 Å². The Hall–Kier alpha value is -3.03. The van der Waals surface area contributed by atoms with Crippen LogP contribution in [0.2, 0.25) is 0 Å². The van der Waals surface area contributed by atoms with Gasteiger partial charge in [0.05, 0.1) is 43.4 Å². The second-order valence-electron chi connectivity index (χ2n) is 6.64. The molecule has 1 aliphatic rings. The molecule has 1 aliphatic heterocycles. The van der Waals surface area contributed by atoms with Gasteiger partial charge in [-0.1, -0.05) is 35.9 Å². The highest BCUT2D eigenvalue weighted by Gasteiger charge is 2.23. The Morgan fingerprint density at radius 3 is 2.79 bits per heavy atom. The molecular formula is C21H22N4O3. The van der Waals surface area contributed by atoms with Gasteiger partial charge in [0.15, 0.2) is 6.10 Å². The molecule has 1 atom stereocenters. The number of ether oxygens (including phenoxy) is 2. The van der Waals surface area contributed by atoms with Gasteiger partial charge in [0.1, 0.15) is 5.82 Å². The summed E-state index contributed by atoms with van der Waals surface area (Å²) in [6, 6.07) is 13.9. The summed E-state index contributed by atoms with van der Waals surface area (Å²) >= 11 is 0. The first-order valence-electron chi connectivity index (χ1n) is 9.25.